The van der Waals surface area contributed by atoms with E-state index in [1.165, 1.54) is 0 Å². The Morgan fingerprint density at radius 2 is 0.613 bits per heavy atom. The standard InChI is InChI=1S/C36H52O61S9/c37-4-1-5(27(43)44)81-32(13(4)91-100(57,58)59)87-18-12(42)23(96-105(72,73)74)36(90-26(18)31(50)97-106(75,76)77)86-17-11(41)22(95-104(69,70)71)35(89-25(17)29(47)48)84-15-7(3-79-99(54,55)56)82-33(20(9(15)39)93-102(63,64)65)85-16-10(40)21(94-103(66,67)68)34(88-24(16)28(45)46)83-14-6(2-78-98(51,52)53)80-30(49)19(8(14)38)92-101(60,61)62/h1,4,6-26,30,32-42,49H,2-3H2,(H,43,44)(H,45,46)(H,47,48)(H,51,52,53)(H,54,55,56)(H,57,58,59)(H,60,61,62)(H,63,64,65)(H,66,67,68)(H,69,70,71)(H,72,73,74)(H,75,76,77)/t4-,6+,7+,8-,9-,10-,11-,12-,13+,14+,15+,16-,17-,18-,19+,20+,21+,22+,23+,24-,25-,26-,30+,32-,33-,34+,35+,36+/m0/s1. The van der Waals surface area contributed by atoms with Crippen LogP contribution in [-0.2, 0) is 203 Å². The van der Waals surface area contributed by atoms with E-state index >= 15 is 0 Å². The molecular formula is C36H52O61S9. The first-order valence-corrected chi connectivity index (χ1v) is 39.0. The molecule has 0 radical (unpaired) electrons. The lowest BCUT2D eigenvalue weighted by Crippen LogP contribution is -2.69. The first kappa shape index (κ1) is 90.5. The summed E-state index contributed by atoms with van der Waals surface area (Å²) in [6.45, 7) is -3.80. The SMILES string of the molecule is O=C(O)C1=C[C@H](O)[C@@H](OS(=O)(=O)O)[C@H](O[C@H]2[C@H](O)[C@@H](OS(=O)(=O)O)[C@H](O[C@H]3[C@H](O)[C@@H](OS(=O)(=O)O)[C@H](O[C@H]4[C@H](O)[C@@H](OS(=O)(=O)O)[C@H](O[C@H]5[C@H](O)[C@@H](OS(=O)(=O)O)[C@H](O[C@H]6[C@H](O)[C@@H](OS(=O)(=O)O)[C@H](O)O[C@@H]6COS(=O)(=O)O)O[C@@H]5C(=O)O)O[C@@H]4COS(=O)(=O)O)O[C@@H]3C(=O)O)O[C@@H]2C(=O)OS(=O)(=O)O)O1. The predicted octanol–water partition coefficient (Wildman–Crippen LogP) is -14.7. The molecule has 0 aromatic rings. The Balaban J connectivity index is 1.42. The van der Waals surface area contributed by atoms with Gasteiger partial charge in [-0.3, -0.25) is 41.0 Å². The molecule has 0 amide bonds. The largest absolute Gasteiger partial charge is 0.479 e. The van der Waals surface area contributed by atoms with E-state index in [2.05, 4.69) is 37.6 Å². The Labute approximate surface area is 588 Å². The van der Waals surface area contributed by atoms with Crippen molar-refractivity contribution in [3.05, 3.63) is 11.8 Å². The molecule has 28 atom stereocenters. The van der Waals surface area contributed by atoms with Gasteiger partial charge in [-0.05, 0) is 6.08 Å². The second-order valence-corrected chi connectivity index (χ2v) is 30.5. The molecule has 0 aromatic heterocycles. The minimum atomic E-state index is -6.41. The van der Waals surface area contributed by atoms with Gasteiger partial charge in [0.25, 0.3) is 0 Å². The van der Waals surface area contributed by atoms with Gasteiger partial charge in [-0.2, -0.15) is 75.8 Å². The average Bonchev–Trinajstić information content (AvgIpc) is 0.761. The Bertz CT molecular complexity index is 4300. The number of hydrogen-bond donors (Lipinski definition) is 19. The van der Waals surface area contributed by atoms with Crippen LogP contribution in [0.3, 0.4) is 0 Å². The third kappa shape index (κ3) is 25.6. The van der Waals surface area contributed by atoms with Crippen molar-refractivity contribution in [1.82, 2.24) is 0 Å². The molecule has 0 aliphatic carbocycles. The fraction of sp³-hybridized carbons (Fsp3) is 0.833. The zero-order valence-electron chi connectivity index (χ0n) is 50.0. The van der Waals surface area contributed by atoms with Gasteiger partial charge in [-0.25, -0.2) is 52.6 Å². The maximum atomic E-state index is 13.4. The summed E-state index contributed by atoms with van der Waals surface area (Å²) in [6, 6.07) is 0. The van der Waals surface area contributed by atoms with Crippen LogP contribution in [0, 0.1) is 0 Å². The molecule has 0 unspecified atom stereocenters. The van der Waals surface area contributed by atoms with E-state index in [0.717, 1.165) is 0 Å². The summed E-state index contributed by atoms with van der Waals surface area (Å²) in [5.74, 6) is -11.7. The van der Waals surface area contributed by atoms with Crippen LogP contribution in [0.4, 0.5) is 0 Å². The van der Waals surface area contributed by atoms with Gasteiger partial charge < -0.3 is 107 Å². The van der Waals surface area contributed by atoms with E-state index < -0.39 is 308 Å². The lowest BCUT2D eigenvalue weighted by atomic mass is 9.95. The molecule has 616 valence electrons. The molecule has 0 bridgehead atoms. The number of aliphatic carboxylic acids is 3. The first-order chi connectivity index (χ1) is 47.9. The van der Waals surface area contributed by atoms with Gasteiger partial charge in [0.05, 0.1) is 13.2 Å². The Morgan fingerprint density at radius 3 is 0.943 bits per heavy atom. The summed E-state index contributed by atoms with van der Waals surface area (Å²) >= 11 is 0. The molecule has 0 spiro atoms. The zero-order valence-corrected chi connectivity index (χ0v) is 57.3. The van der Waals surface area contributed by atoms with Crippen molar-refractivity contribution in [3.8, 4) is 0 Å². The highest BCUT2D eigenvalue weighted by Crippen LogP contribution is 2.41. The van der Waals surface area contributed by atoms with E-state index in [-0.39, 0.29) is 6.08 Å². The van der Waals surface area contributed by atoms with Crippen LogP contribution in [-0.4, -0.2) is 377 Å². The Kier molecular flexibility index (Phi) is 28.9. The third-order valence-electron chi connectivity index (χ3n) is 13.7. The quantitative estimate of drug-likeness (QED) is 0.0271. The van der Waals surface area contributed by atoms with Crippen molar-refractivity contribution in [3.63, 3.8) is 0 Å². The fourth-order valence-corrected chi connectivity index (χ4v) is 13.8. The molecule has 5 fully saturated rings. The van der Waals surface area contributed by atoms with Crippen molar-refractivity contribution in [1.29, 1.82) is 0 Å². The highest BCUT2D eigenvalue weighted by atomic mass is 32.3. The monoisotopic (exact) mass is 1750 g/mol. The maximum Gasteiger partial charge on any atom is 0.449 e. The predicted molar refractivity (Wildman–Crippen MR) is 293 cm³/mol. The number of aliphatic hydroxyl groups excluding tert-OH is 7. The van der Waals surface area contributed by atoms with Crippen LogP contribution in [0.25, 0.3) is 0 Å². The van der Waals surface area contributed by atoms with Gasteiger partial charge in [-0.15, -0.1) is 0 Å². The van der Waals surface area contributed by atoms with Gasteiger partial charge in [0.2, 0.25) is 12.0 Å². The van der Waals surface area contributed by atoms with Crippen LogP contribution < -0.4 is 0 Å². The number of hydrogen-bond acceptors (Lipinski definition) is 49. The molecule has 61 nitrogen and oxygen atoms in total. The highest BCUT2D eigenvalue weighted by molar-refractivity contribution is 7.82. The van der Waals surface area contributed by atoms with Crippen LogP contribution in [0.2, 0.25) is 0 Å². The second kappa shape index (κ2) is 33.9. The van der Waals surface area contributed by atoms with E-state index in [1.54, 1.807) is 0 Å². The number of carboxylic acid groups (broad SMARTS) is 3. The topological polar surface area (TPSA) is 945 Å². The maximum absolute atomic E-state index is 13.4. The molecule has 0 aromatic carbocycles. The fourth-order valence-electron chi connectivity index (χ4n) is 9.93. The summed E-state index contributed by atoms with van der Waals surface area (Å²) < 4.78 is 397. The summed E-state index contributed by atoms with van der Waals surface area (Å²) in [7, 11) is -55.0. The van der Waals surface area contributed by atoms with E-state index in [1.807, 2.05) is 0 Å². The molecular weight excluding hydrogens is 1700 g/mol. The number of carbonyl (C=O) groups excluding carboxylic acids is 1. The average molecular weight is 1750 g/mol. The molecule has 5 saturated heterocycles. The van der Waals surface area contributed by atoms with Gasteiger partial charge in [0.15, 0.2) is 86.4 Å². The van der Waals surface area contributed by atoms with Gasteiger partial charge in [-0.1, -0.05) is 0 Å². The smallest absolute Gasteiger partial charge is 0.449 e. The lowest BCUT2D eigenvalue weighted by Gasteiger charge is -2.49. The second-order valence-electron chi connectivity index (χ2n) is 21.0. The molecule has 106 heavy (non-hydrogen) atoms. The highest BCUT2D eigenvalue weighted by Gasteiger charge is 2.63. The van der Waals surface area contributed by atoms with Crippen molar-refractivity contribution in [2.45, 2.75) is 172 Å². The van der Waals surface area contributed by atoms with Crippen molar-refractivity contribution >= 4 is 117 Å². The first-order valence-electron chi connectivity index (χ1n) is 26.7. The number of ether oxygens (including phenoxy) is 11. The van der Waals surface area contributed by atoms with E-state index in [4.69, 9.17) is 56.7 Å². The lowest BCUT2D eigenvalue weighted by molar-refractivity contribution is -0.383. The Morgan fingerprint density at radius 1 is 0.330 bits per heavy atom. The minimum Gasteiger partial charge on any atom is -0.479 e. The Hall–Kier alpha value is -4.39. The number of aliphatic hydroxyl groups is 7. The molecule has 6 rings (SSSR count). The molecule has 19 N–H and O–H groups in total. The molecule has 0 saturated carbocycles. The van der Waals surface area contributed by atoms with Crippen LogP contribution in [0.15, 0.2) is 11.8 Å². The summed E-state index contributed by atoms with van der Waals surface area (Å²) in [5.41, 5.74) is 0. The van der Waals surface area contributed by atoms with E-state index in [0.29, 0.717) is 0 Å². The van der Waals surface area contributed by atoms with Gasteiger partial charge in [0, 0.05) is 0 Å². The van der Waals surface area contributed by atoms with Gasteiger partial charge in [0.1, 0.15) is 79.4 Å². The van der Waals surface area contributed by atoms with Crippen LogP contribution in [0.5, 0.6) is 0 Å². The van der Waals surface area contributed by atoms with Crippen molar-refractivity contribution < 1.29 is 277 Å². The van der Waals surface area contributed by atoms with Crippen LogP contribution >= 0.6 is 0 Å². The number of rotatable bonds is 33. The van der Waals surface area contributed by atoms with E-state index in [9.17, 15) is 182 Å². The van der Waals surface area contributed by atoms with Crippen molar-refractivity contribution in [2.75, 3.05) is 13.2 Å². The van der Waals surface area contributed by atoms with Crippen LogP contribution in [0.1, 0.15) is 0 Å². The molecule has 6 heterocycles. The normalized spacial score (nSPS) is 37.8. The summed E-state index contributed by atoms with van der Waals surface area (Å²) in [4.78, 5) is 51.4. The summed E-state index contributed by atoms with van der Waals surface area (Å²) in [5, 5.41) is 109. The molecule has 6 aliphatic heterocycles. The third-order valence-corrected chi connectivity index (χ3v) is 17.8. The number of carbonyl (C=O) groups is 4. The molecule has 70 heteroatoms. The van der Waals surface area contributed by atoms with Crippen molar-refractivity contribution in [2.24, 2.45) is 0 Å². The van der Waals surface area contributed by atoms with Gasteiger partial charge >= 0.3 is 117 Å². The number of carboxylic acids is 3. The minimum absolute atomic E-state index is 0.118. The molecule has 6 aliphatic rings. The summed E-state index contributed by atoms with van der Waals surface area (Å²) in [6.07, 6.45) is -90.0. The zero-order chi connectivity index (χ0) is 80.8.